The van der Waals surface area contributed by atoms with Crippen LogP contribution in [0.15, 0.2) is 40.9 Å². The van der Waals surface area contributed by atoms with Gasteiger partial charge in [0.05, 0.1) is 17.7 Å². The molecule has 0 aliphatic carbocycles. The monoisotopic (exact) mass is 471 g/mol. The van der Waals surface area contributed by atoms with Gasteiger partial charge >= 0.3 is 0 Å². The maximum atomic E-state index is 6.01. The Morgan fingerprint density at radius 1 is 1.07 bits per heavy atom. The van der Waals surface area contributed by atoms with Gasteiger partial charge in [0.15, 0.2) is 11.5 Å². The standard InChI is InChI=1S/C22H30BrNO3.ClH/c1-16(2)26-11-5-10-24-14-19-12-20(23)22(21(13-19)25-4)27-15-18-8-6-17(3)7-9-18;/h6-9,12-13,16,24H,5,10-11,14-15H2,1-4H3;1H. The van der Waals surface area contributed by atoms with Crippen molar-refractivity contribution in [3.63, 3.8) is 0 Å². The Labute approximate surface area is 183 Å². The van der Waals surface area contributed by atoms with Crippen LogP contribution in [-0.4, -0.2) is 26.4 Å². The van der Waals surface area contributed by atoms with E-state index in [0.29, 0.717) is 6.61 Å². The smallest absolute Gasteiger partial charge is 0.175 e. The minimum absolute atomic E-state index is 0. The maximum Gasteiger partial charge on any atom is 0.175 e. The van der Waals surface area contributed by atoms with Crippen molar-refractivity contribution in [2.45, 2.75) is 46.4 Å². The van der Waals surface area contributed by atoms with Crippen molar-refractivity contribution in [1.82, 2.24) is 5.32 Å². The summed E-state index contributed by atoms with van der Waals surface area (Å²) in [5, 5.41) is 3.44. The normalized spacial score (nSPS) is 10.6. The number of hydrogen-bond acceptors (Lipinski definition) is 4. The molecular weight excluding hydrogens is 442 g/mol. The second-order valence-electron chi connectivity index (χ2n) is 6.83. The van der Waals surface area contributed by atoms with Crippen molar-refractivity contribution in [3.8, 4) is 11.5 Å². The third kappa shape index (κ3) is 8.39. The summed E-state index contributed by atoms with van der Waals surface area (Å²) in [6.45, 7) is 9.16. The Balaban J connectivity index is 0.00000392. The lowest BCUT2D eigenvalue weighted by molar-refractivity contribution is 0.0770. The number of ether oxygens (including phenoxy) is 3. The number of nitrogens with one attached hydrogen (secondary N) is 1. The zero-order valence-corrected chi connectivity index (χ0v) is 19.5. The van der Waals surface area contributed by atoms with Crippen molar-refractivity contribution in [2.75, 3.05) is 20.3 Å². The van der Waals surface area contributed by atoms with E-state index in [2.05, 4.69) is 72.3 Å². The molecule has 0 amide bonds. The molecule has 2 rings (SSSR count). The predicted molar refractivity (Wildman–Crippen MR) is 121 cm³/mol. The van der Waals surface area contributed by atoms with E-state index in [9.17, 15) is 0 Å². The SMILES string of the molecule is COc1cc(CNCCCOC(C)C)cc(Br)c1OCc1ccc(C)cc1.Cl. The van der Waals surface area contributed by atoms with Crippen LogP contribution in [-0.2, 0) is 17.9 Å². The number of benzene rings is 2. The third-order valence-corrected chi connectivity index (χ3v) is 4.66. The van der Waals surface area contributed by atoms with Crippen LogP contribution < -0.4 is 14.8 Å². The highest BCUT2D eigenvalue weighted by atomic mass is 79.9. The molecule has 0 aliphatic heterocycles. The fourth-order valence-corrected chi connectivity index (χ4v) is 3.21. The zero-order valence-electron chi connectivity index (χ0n) is 17.1. The molecule has 0 radical (unpaired) electrons. The molecule has 0 spiro atoms. The molecule has 0 bridgehead atoms. The van der Waals surface area contributed by atoms with Crippen LogP contribution in [0.5, 0.6) is 11.5 Å². The summed E-state index contributed by atoms with van der Waals surface area (Å²) in [7, 11) is 1.67. The number of aryl methyl sites for hydroxylation is 1. The van der Waals surface area contributed by atoms with Crippen molar-refractivity contribution in [2.24, 2.45) is 0 Å². The molecule has 0 heterocycles. The Morgan fingerprint density at radius 3 is 2.43 bits per heavy atom. The topological polar surface area (TPSA) is 39.7 Å². The van der Waals surface area contributed by atoms with Crippen molar-refractivity contribution in [3.05, 3.63) is 57.6 Å². The molecule has 6 heteroatoms. The summed E-state index contributed by atoms with van der Waals surface area (Å²) < 4.78 is 18.0. The second kappa shape index (κ2) is 13.0. The fourth-order valence-electron chi connectivity index (χ4n) is 2.60. The van der Waals surface area contributed by atoms with Gasteiger partial charge in [-0.3, -0.25) is 0 Å². The molecule has 0 saturated carbocycles. The van der Waals surface area contributed by atoms with E-state index in [-0.39, 0.29) is 18.5 Å². The van der Waals surface area contributed by atoms with Crippen molar-refractivity contribution < 1.29 is 14.2 Å². The van der Waals surface area contributed by atoms with E-state index in [0.717, 1.165) is 53.2 Å². The number of halogens is 2. The molecule has 0 aliphatic rings. The van der Waals surface area contributed by atoms with E-state index in [4.69, 9.17) is 14.2 Å². The summed E-state index contributed by atoms with van der Waals surface area (Å²) in [5.41, 5.74) is 3.51. The van der Waals surface area contributed by atoms with E-state index < -0.39 is 0 Å². The zero-order chi connectivity index (χ0) is 19.6. The quantitative estimate of drug-likeness (QED) is 0.428. The van der Waals surface area contributed by atoms with Crippen LogP contribution in [0.3, 0.4) is 0 Å². The molecule has 0 fully saturated rings. The van der Waals surface area contributed by atoms with Gasteiger partial charge in [-0.05, 0) is 72.9 Å². The molecule has 156 valence electrons. The van der Waals surface area contributed by atoms with Gasteiger partial charge in [0.1, 0.15) is 6.61 Å². The fraction of sp³-hybridized carbons (Fsp3) is 0.455. The van der Waals surface area contributed by atoms with Gasteiger partial charge < -0.3 is 19.5 Å². The molecule has 2 aromatic carbocycles. The molecule has 4 nitrogen and oxygen atoms in total. The lowest BCUT2D eigenvalue weighted by atomic mass is 10.1. The first-order valence-corrected chi connectivity index (χ1v) is 10.2. The summed E-state index contributed by atoms with van der Waals surface area (Å²) in [4.78, 5) is 0. The van der Waals surface area contributed by atoms with Gasteiger partial charge in [-0.25, -0.2) is 0 Å². The third-order valence-electron chi connectivity index (χ3n) is 4.07. The lowest BCUT2D eigenvalue weighted by Crippen LogP contribution is -2.17. The molecular formula is C22H31BrClNO3. The predicted octanol–water partition coefficient (Wildman–Crippen LogP) is 5.67. The minimum atomic E-state index is 0. The van der Waals surface area contributed by atoms with Gasteiger partial charge in [-0.2, -0.15) is 0 Å². The van der Waals surface area contributed by atoms with Gasteiger partial charge in [0, 0.05) is 13.2 Å². The molecule has 1 N–H and O–H groups in total. The van der Waals surface area contributed by atoms with Crippen LogP contribution in [0.4, 0.5) is 0 Å². The van der Waals surface area contributed by atoms with Gasteiger partial charge in [-0.15, -0.1) is 12.4 Å². The Kier molecular flexibility index (Phi) is 11.5. The maximum absolute atomic E-state index is 6.01. The number of rotatable bonds is 11. The second-order valence-corrected chi connectivity index (χ2v) is 7.69. The summed E-state index contributed by atoms with van der Waals surface area (Å²) >= 11 is 3.62. The summed E-state index contributed by atoms with van der Waals surface area (Å²) in [5.74, 6) is 1.46. The average molecular weight is 473 g/mol. The van der Waals surface area contributed by atoms with Crippen molar-refractivity contribution in [1.29, 1.82) is 0 Å². The molecule has 2 aromatic rings. The molecule has 0 saturated heterocycles. The van der Waals surface area contributed by atoms with E-state index >= 15 is 0 Å². The van der Waals surface area contributed by atoms with Crippen LogP contribution >= 0.6 is 28.3 Å². The van der Waals surface area contributed by atoms with E-state index in [1.807, 2.05) is 6.07 Å². The molecule has 0 unspecified atom stereocenters. The van der Waals surface area contributed by atoms with Crippen molar-refractivity contribution >= 4 is 28.3 Å². The number of methoxy groups -OCH3 is 1. The van der Waals surface area contributed by atoms with Gasteiger partial charge in [0.2, 0.25) is 0 Å². The van der Waals surface area contributed by atoms with Crippen LogP contribution in [0.2, 0.25) is 0 Å². The highest BCUT2D eigenvalue weighted by Gasteiger charge is 2.12. The average Bonchev–Trinajstić information content (AvgIpc) is 2.64. The van der Waals surface area contributed by atoms with Gasteiger partial charge in [0.25, 0.3) is 0 Å². The largest absolute Gasteiger partial charge is 0.493 e. The summed E-state index contributed by atoms with van der Waals surface area (Å²) in [6.07, 6.45) is 1.28. The van der Waals surface area contributed by atoms with E-state index in [1.54, 1.807) is 7.11 Å². The van der Waals surface area contributed by atoms with Crippen LogP contribution in [0, 0.1) is 6.92 Å². The van der Waals surface area contributed by atoms with E-state index in [1.165, 1.54) is 5.56 Å². The minimum Gasteiger partial charge on any atom is -0.493 e. The number of hydrogen-bond donors (Lipinski definition) is 1. The highest BCUT2D eigenvalue weighted by Crippen LogP contribution is 2.37. The first kappa shape index (κ1) is 24.8. The first-order valence-electron chi connectivity index (χ1n) is 9.36. The van der Waals surface area contributed by atoms with Gasteiger partial charge in [-0.1, -0.05) is 29.8 Å². The lowest BCUT2D eigenvalue weighted by Gasteiger charge is -2.15. The molecule has 0 aromatic heterocycles. The highest BCUT2D eigenvalue weighted by molar-refractivity contribution is 9.10. The first-order chi connectivity index (χ1) is 13.0. The van der Waals surface area contributed by atoms with Crippen LogP contribution in [0.1, 0.15) is 37.0 Å². The summed E-state index contributed by atoms with van der Waals surface area (Å²) in [6, 6.07) is 12.4. The Morgan fingerprint density at radius 2 is 1.79 bits per heavy atom. The Hall–Kier alpha value is -1.27. The molecule has 0 atom stereocenters. The van der Waals surface area contributed by atoms with Crippen LogP contribution in [0.25, 0.3) is 0 Å². The Bertz CT molecular complexity index is 708. The molecule has 28 heavy (non-hydrogen) atoms.